The molecule has 0 saturated carbocycles. The van der Waals surface area contributed by atoms with E-state index in [2.05, 4.69) is 39.0 Å². The van der Waals surface area contributed by atoms with Crippen LogP contribution in [0.15, 0.2) is 18.2 Å². The summed E-state index contributed by atoms with van der Waals surface area (Å²) in [6.45, 7) is 8.55. The monoisotopic (exact) mass is 260 g/mol. The molecule has 0 aliphatic heterocycles. The first-order chi connectivity index (χ1) is 9.17. The van der Waals surface area contributed by atoms with Crippen LogP contribution in [0.2, 0.25) is 0 Å². The van der Waals surface area contributed by atoms with Crippen LogP contribution >= 0.6 is 0 Å². The molecule has 0 saturated heterocycles. The molecule has 1 aromatic carbocycles. The summed E-state index contributed by atoms with van der Waals surface area (Å²) in [5.74, 6) is 0.501. The smallest absolute Gasteiger partial charge is 0.140 e. The lowest BCUT2D eigenvalue weighted by molar-refractivity contribution is -0.120. The van der Waals surface area contributed by atoms with Crippen molar-refractivity contribution in [3.8, 4) is 0 Å². The predicted molar refractivity (Wildman–Crippen MR) is 82.8 cm³/mol. The Hall–Kier alpha value is -1.11. The van der Waals surface area contributed by atoms with E-state index in [1.54, 1.807) is 0 Å². The molecule has 0 N–H and O–H groups in total. The van der Waals surface area contributed by atoms with Crippen LogP contribution in [0.3, 0.4) is 0 Å². The van der Waals surface area contributed by atoms with E-state index in [0.29, 0.717) is 12.2 Å². The van der Waals surface area contributed by atoms with E-state index in [0.717, 1.165) is 32.1 Å². The molecule has 106 valence electrons. The maximum atomic E-state index is 12.2. The number of ketones is 1. The molecule has 1 aromatic rings. The zero-order valence-electron chi connectivity index (χ0n) is 13.0. The molecule has 0 fully saturated rings. The van der Waals surface area contributed by atoms with Gasteiger partial charge in [0.1, 0.15) is 5.78 Å². The second-order valence-electron chi connectivity index (χ2n) is 5.25. The fourth-order valence-corrected chi connectivity index (χ4v) is 2.70. The van der Waals surface area contributed by atoms with E-state index in [-0.39, 0.29) is 5.92 Å². The van der Waals surface area contributed by atoms with Crippen molar-refractivity contribution in [2.75, 3.05) is 0 Å². The lowest BCUT2D eigenvalue weighted by Gasteiger charge is -2.17. The minimum atomic E-state index is 0.112. The Morgan fingerprint density at radius 2 is 1.74 bits per heavy atom. The van der Waals surface area contributed by atoms with Gasteiger partial charge in [-0.25, -0.2) is 0 Å². The maximum Gasteiger partial charge on any atom is 0.140 e. The largest absolute Gasteiger partial charge is 0.299 e. The number of rotatable bonds is 8. The molecule has 0 amide bonds. The minimum absolute atomic E-state index is 0.112. The number of Topliss-reactive ketones (excluding diaryl/α,β-unsaturated/α-hetero) is 1. The number of benzene rings is 1. The first kappa shape index (κ1) is 15.9. The van der Waals surface area contributed by atoms with Gasteiger partial charge in [-0.15, -0.1) is 0 Å². The van der Waals surface area contributed by atoms with Crippen LogP contribution in [0.5, 0.6) is 0 Å². The standard InChI is InChI=1S/C18H28O/c1-5-9-10-17(18(19)8-4)16-12-11-14(6-2)15(7-3)13-16/h11-13,17H,5-10H2,1-4H3. The molecule has 0 heterocycles. The first-order valence-electron chi connectivity index (χ1n) is 7.82. The van der Waals surface area contributed by atoms with Crippen LogP contribution in [-0.2, 0) is 17.6 Å². The summed E-state index contributed by atoms with van der Waals surface area (Å²) in [7, 11) is 0. The summed E-state index contributed by atoms with van der Waals surface area (Å²) in [6, 6.07) is 6.66. The summed E-state index contributed by atoms with van der Waals surface area (Å²) in [5, 5.41) is 0. The summed E-state index contributed by atoms with van der Waals surface area (Å²) in [5.41, 5.74) is 4.06. The number of aryl methyl sites for hydroxylation is 2. The zero-order chi connectivity index (χ0) is 14.3. The Morgan fingerprint density at radius 1 is 1.05 bits per heavy atom. The maximum absolute atomic E-state index is 12.2. The summed E-state index contributed by atoms with van der Waals surface area (Å²) < 4.78 is 0. The van der Waals surface area contributed by atoms with Gasteiger partial charge in [-0.05, 0) is 36.0 Å². The van der Waals surface area contributed by atoms with Gasteiger partial charge < -0.3 is 0 Å². The first-order valence-corrected chi connectivity index (χ1v) is 7.82. The lowest BCUT2D eigenvalue weighted by Crippen LogP contribution is -2.12. The van der Waals surface area contributed by atoms with Gasteiger partial charge in [0, 0.05) is 12.3 Å². The highest BCUT2D eigenvalue weighted by atomic mass is 16.1. The van der Waals surface area contributed by atoms with Gasteiger partial charge in [-0.2, -0.15) is 0 Å². The summed E-state index contributed by atoms with van der Waals surface area (Å²) >= 11 is 0. The fraction of sp³-hybridized carbons (Fsp3) is 0.611. The van der Waals surface area contributed by atoms with E-state index in [1.165, 1.54) is 16.7 Å². The van der Waals surface area contributed by atoms with Crippen molar-refractivity contribution in [1.82, 2.24) is 0 Å². The molecule has 0 aliphatic rings. The van der Waals surface area contributed by atoms with E-state index in [9.17, 15) is 4.79 Å². The second kappa shape index (κ2) is 8.14. The number of unbranched alkanes of at least 4 members (excludes halogenated alkanes) is 1. The van der Waals surface area contributed by atoms with E-state index < -0.39 is 0 Å². The van der Waals surface area contributed by atoms with Crippen molar-refractivity contribution in [1.29, 1.82) is 0 Å². The van der Waals surface area contributed by atoms with Crippen LogP contribution in [0.1, 0.15) is 76.0 Å². The molecule has 1 rings (SSSR count). The topological polar surface area (TPSA) is 17.1 Å². The number of hydrogen-bond donors (Lipinski definition) is 0. The highest BCUT2D eigenvalue weighted by Crippen LogP contribution is 2.27. The second-order valence-corrected chi connectivity index (χ2v) is 5.25. The minimum Gasteiger partial charge on any atom is -0.299 e. The Balaban J connectivity index is 3.04. The predicted octanol–water partition coefficient (Wildman–Crippen LogP) is 5.06. The average Bonchev–Trinajstić information content (AvgIpc) is 2.46. The Bertz CT molecular complexity index is 406. The third-order valence-corrected chi connectivity index (χ3v) is 3.98. The van der Waals surface area contributed by atoms with Crippen molar-refractivity contribution in [2.45, 2.75) is 72.1 Å². The SMILES string of the molecule is CCCCC(C(=O)CC)c1ccc(CC)c(CC)c1. The molecule has 1 atom stereocenters. The van der Waals surface area contributed by atoms with Gasteiger partial charge >= 0.3 is 0 Å². The third kappa shape index (κ3) is 4.19. The van der Waals surface area contributed by atoms with Gasteiger partial charge in [0.05, 0.1) is 0 Å². The van der Waals surface area contributed by atoms with E-state index >= 15 is 0 Å². The number of carbonyl (C=O) groups is 1. The number of hydrogen-bond acceptors (Lipinski definition) is 1. The summed E-state index contributed by atoms with van der Waals surface area (Å²) in [6.07, 6.45) is 6.06. The van der Waals surface area contributed by atoms with Crippen LogP contribution in [0.25, 0.3) is 0 Å². The van der Waals surface area contributed by atoms with Crippen molar-refractivity contribution < 1.29 is 4.79 Å². The van der Waals surface area contributed by atoms with Gasteiger partial charge in [-0.1, -0.05) is 58.7 Å². The van der Waals surface area contributed by atoms with Gasteiger partial charge in [-0.3, -0.25) is 4.79 Å². The Morgan fingerprint density at radius 3 is 2.26 bits per heavy atom. The van der Waals surface area contributed by atoms with Crippen LogP contribution < -0.4 is 0 Å². The highest BCUT2D eigenvalue weighted by molar-refractivity contribution is 5.85. The fourth-order valence-electron chi connectivity index (χ4n) is 2.70. The van der Waals surface area contributed by atoms with Crippen LogP contribution in [0.4, 0.5) is 0 Å². The quantitative estimate of drug-likeness (QED) is 0.638. The van der Waals surface area contributed by atoms with E-state index in [4.69, 9.17) is 0 Å². The number of carbonyl (C=O) groups excluding carboxylic acids is 1. The molecule has 1 heteroatoms. The van der Waals surface area contributed by atoms with Crippen molar-refractivity contribution in [2.24, 2.45) is 0 Å². The van der Waals surface area contributed by atoms with Gasteiger partial charge in [0.25, 0.3) is 0 Å². The molecule has 0 radical (unpaired) electrons. The third-order valence-electron chi connectivity index (χ3n) is 3.98. The Labute approximate surface area is 118 Å². The molecule has 1 nitrogen and oxygen atoms in total. The lowest BCUT2D eigenvalue weighted by atomic mass is 9.86. The Kier molecular flexibility index (Phi) is 6.83. The molecular weight excluding hydrogens is 232 g/mol. The molecule has 1 unspecified atom stereocenters. The van der Waals surface area contributed by atoms with Crippen molar-refractivity contribution in [3.05, 3.63) is 34.9 Å². The molecule has 19 heavy (non-hydrogen) atoms. The van der Waals surface area contributed by atoms with Gasteiger partial charge in [0.2, 0.25) is 0 Å². The molecule has 0 spiro atoms. The summed E-state index contributed by atoms with van der Waals surface area (Å²) in [4.78, 5) is 12.2. The molecular formula is C18H28O. The average molecular weight is 260 g/mol. The molecule has 0 aromatic heterocycles. The normalized spacial score (nSPS) is 12.4. The zero-order valence-corrected chi connectivity index (χ0v) is 13.0. The van der Waals surface area contributed by atoms with Crippen molar-refractivity contribution >= 4 is 5.78 Å². The van der Waals surface area contributed by atoms with E-state index in [1.807, 2.05) is 6.92 Å². The van der Waals surface area contributed by atoms with Gasteiger partial charge in [0.15, 0.2) is 0 Å². The van der Waals surface area contributed by atoms with Crippen LogP contribution in [0, 0.1) is 0 Å². The molecule has 0 bridgehead atoms. The van der Waals surface area contributed by atoms with Crippen LogP contribution in [-0.4, -0.2) is 5.78 Å². The highest BCUT2D eigenvalue weighted by Gasteiger charge is 2.19. The van der Waals surface area contributed by atoms with Crippen molar-refractivity contribution in [3.63, 3.8) is 0 Å². The molecule has 0 aliphatic carbocycles.